The Morgan fingerprint density at radius 3 is 2.69 bits per heavy atom. The van der Waals surface area contributed by atoms with Crippen molar-refractivity contribution in [2.75, 3.05) is 13.1 Å². The van der Waals surface area contributed by atoms with Gasteiger partial charge >= 0.3 is 0 Å². The molecule has 2 radical (unpaired) electrons. The molecule has 2 fully saturated rings. The molecule has 0 amide bonds. The van der Waals surface area contributed by atoms with Crippen LogP contribution in [-0.4, -0.2) is 30.2 Å². The van der Waals surface area contributed by atoms with E-state index < -0.39 is 0 Å². The van der Waals surface area contributed by atoms with Crippen molar-refractivity contribution < 1.29 is 0 Å². The zero-order chi connectivity index (χ0) is 11.1. The Hall–Kier alpha value is 0.295. The van der Waals surface area contributed by atoms with Gasteiger partial charge in [0.25, 0.3) is 0 Å². The minimum Gasteiger partial charge on any atom is -0.245 e. The Balaban J connectivity index is 1.59. The summed E-state index contributed by atoms with van der Waals surface area (Å²) in [7, 11) is 5.98. The van der Waals surface area contributed by atoms with E-state index in [0.717, 1.165) is 11.8 Å². The molecule has 0 N–H and O–H groups in total. The van der Waals surface area contributed by atoms with Gasteiger partial charge in [0.15, 0.2) is 4.47 Å². The summed E-state index contributed by atoms with van der Waals surface area (Å²) in [4.78, 5) is 4.06. The van der Waals surface area contributed by atoms with Gasteiger partial charge in [-0.3, -0.25) is 0 Å². The molecule has 0 aromatic carbocycles. The third-order valence-electron chi connectivity index (χ3n) is 3.43. The van der Waals surface area contributed by atoms with E-state index in [4.69, 9.17) is 19.4 Å². The van der Waals surface area contributed by atoms with Crippen molar-refractivity contribution in [1.29, 1.82) is 0 Å². The van der Waals surface area contributed by atoms with E-state index in [1.807, 2.05) is 6.20 Å². The Morgan fingerprint density at radius 2 is 2.12 bits per heavy atom. The van der Waals surface area contributed by atoms with Gasteiger partial charge < -0.3 is 0 Å². The van der Waals surface area contributed by atoms with E-state index in [-0.39, 0.29) is 0 Å². The van der Waals surface area contributed by atoms with Crippen molar-refractivity contribution >= 4 is 42.7 Å². The summed E-state index contributed by atoms with van der Waals surface area (Å²) in [6.45, 7) is 2.33. The first-order chi connectivity index (χ1) is 7.70. The fourth-order valence-corrected chi connectivity index (χ4v) is 5.19. The number of thiazole rings is 1. The van der Waals surface area contributed by atoms with Crippen molar-refractivity contribution in [3.63, 3.8) is 0 Å². The fraction of sp³-hybridized carbons (Fsp3) is 0.700. The van der Waals surface area contributed by atoms with E-state index in [9.17, 15) is 0 Å². The number of nitrogens with zero attached hydrogens (tertiary/aromatic N) is 2. The van der Waals surface area contributed by atoms with Crippen LogP contribution in [0.25, 0.3) is 0 Å². The molecule has 1 saturated heterocycles. The highest BCUT2D eigenvalue weighted by molar-refractivity contribution is 7.99. The number of halogens is 1. The maximum atomic E-state index is 5.98. The van der Waals surface area contributed by atoms with Crippen LogP contribution >= 0.6 is 34.9 Å². The molecule has 1 aromatic heterocycles. The van der Waals surface area contributed by atoms with Crippen LogP contribution in [-0.2, 0) is 0 Å². The Kier molecular flexibility index (Phi) is 3.22. The molecular weight excluding hydrogens is 259 g/mol. The van der Waals surface area contributed by atoms with Crippen molar-refractivity contribution in [3.05, 3.63) is 10.7 Å². The summed E-state index contributed by atoms with van der Waals surface area (Å²) in [6, 6.07) is 0. The molecule has 16 heavy (non-hydrogen) atoms. The van der Waals surface area contributed by atoms with Gasteiger partial charge in [-0.15, -0.1) is 0 Å². The SMILES string of the molecule is [B]C1CC2CN(Sc3cnc(Cl)s3)C[C@H]2C1. The first-order valence-electron chi connectivity index (χ1n) is 5.50. The predicted octanol–water partition coefficient (Wildman–Crippen LogP) is 3.10. The Morgan fingerprint density at radius 1 is 1.44 bits per heavy atom. The quantitative estimate of drug-likeness (QED) is 0.607. The van der Waals surface area contributed by atoms with E-state index >= 15 is 0 Å². The van der Waals surface area contributed by atoms with Crippen molar-refractivity contribution in [2.45, 2.75) is 22.9 Å². The summed E-state index contributed by atoms with van der Waals surface area (Å²) < 4.78 is 4.25. The average molecular weight is 271 g/mol. The lowest BCUT2D eigenvalue weighted by molar-refractivity contribution is 0.494. The molecule has 2 nitrogen and oxygen atoms in total. The average Bonchev–Trinajstić information content (AvgIpc) is 2.81. The van der Waals surface area contributed by atoms with Crippen molar-refractivity contribution in [2.24, 2.45) is 11.8 Å². The minimum absolute atomic E-state index is 0.444. The Bertz CT molecular complexity index is 373. The molecule has 1 aliphatic carbocycles. The second-order valence-corrected chi connectivity index (χ2v) is 7.63. The summed E-state index contributed by atoms with van der Waals surface area (Å²) >= 11 is 9.17. The second-order valence-electron chi connectivity index (χ2n) is 4.62. The number of fused-ring (bicyclic) bond motifs is 1. The topological polar surface area (TPSA) is 16.1 Å². The lowest BCUT2D eigenvalue weighted by Crippen LogP contribution is -2.13. The first kappa shape index (κ1) is 11.4. The van der Waals surface area contributed by atoms with Gasteiger partial charge in [0.1, 0.15) is 0 Å². The Labute approximate surface area is 110 Å². The van der Waals surface area contributed by atoms with E-state index in [2.05, 4.69) is 9.29 Å². The molecule has 1 aliphatic heterocycles. The van der Waals surface area contributed by atoms with Crippen molar-refractivity contribution in [1.82, 2.24) is 9.29 Å². The van der Waals surface area contributed by atoms with Crippen LogP contribution in [0.2, 0.25) is 10.3 Å². The maximum Gasteiger partial charge on any atom is 0.184 e. The molecule has 0 bridgehead atoms. The fourth-order valence-electron chi connectivity index (χ4n) is 2.79. The highest BCUT2D eigenvalue weighted by Crippen LogP contribution is 2.46. The molecule has 1 saturated carbocycles. The highest BCUT2D eigenvalue weighted by Gasteiger charge is 2.39. The van der Waals surface area contributed by atoms with Crippen LogP contribution in [0.1, 0.15) is 12.8 Å². The normalized spacial score (nSPS) is 34.4. The molecule has 2 heterocycles. The molecule has 6 heteroatoms. The van der Waals surface area contributed by atoms with Crippen LogP contribution in [0, 0.1) is 11.8 Å². The predicted molar refractivity (Wildman–Crippen MR) is 70.3 cm³/mol. The summed E-state index contributed by atoms with van der Waals surface area (Å²) in [6.07, 6.45) is 4.26. The second kappa shape index (κ2) is 4.52. The third kappa shape index (κ3) is 2.28. The molecule has 3 atom stereocenters. The van der Waals surface area contributed by atoms with Crippen LogP contribution in [0.5, 0.6) is 0 Å². The number of hydrogen-bond donors (Lipinski definition) is 0. The van der Waals surface area contributed by atoms with Gasteiger partial charge in [-0.05, 0) is 23.8 Å². The number of aromatic nitrogens is 1. The molecule has 2 unspecified atom stereocenters. The lowest BCUT2D eigenvalue weighted by atomic mass is 9.85. The third-order valence-corrected chi connectivity index (χ3v) is 5.65. The zero-order valence-electron chi connectivity index (χ0n) is 8.80. The van der Waals surface area contributed by atoms with Crippen LogP contribution in [0.3, 0.4) is 0 Å². The zero-order valence-corrected chi connectivity index (χ0v) is 11.2. The maximum absolute atomic E-state index is 5.98. The standard InChI is InChI=1S/C10H12BClN2S2/c11-8-1-6-4-14(5-7(6)2-8)16-9-3-13-10(12)15-9/h3,6-8H,1-2,4-5H2/t6-,7?,8?/m1/s1. The first-order valence-corrected chi connectivity index (χ1v) is 7.47. The summed E-state index contributed by atoms with van der Waals surface area (Å²) in [5.74, 6) is 2.07. The molecule has 3 rings (SSSR count). The van der Waals surface area contributed by atoms with Gasteiger partial charge in [-0.25, -0.2) is 9.29 Å². The van der Waals surface area contributed by atoms with Gasteiger partial charge in [-0.2, -0.15) is 0 Å². The minimum atomic E-state index is 0.444. The van der Waals surface area contributed by atoms with Gasteiger partial charge in [-0.1, -0.05) is 41.6 Å². The van der Waals surface area contributed by atoms with Crippen molar-refractivity contribution in [3.8, 4) is 0 Å². The van der Waals surface area contributed by atoms with E-state index in [0.29, 0.717) is 10.3 Å². The van der Waals surface area contributed by atoms with Gasteiger partial charge in [0, 0.05) is 13.1 Å². The molecule has 0 spiro atoms. The van der Waals surface area contributed by atoms with Crippen LogP contribution in [0.15, 0.2) is 10.4 Å². The molecule has 1 aromatic rings. The monoisotopic (exact) mass is 270 g/mol. The molecule has 84 valence electrons. The van der Waals surface area contributed by atoms with E-state index in [1.165, 1.54) is 30.1 Å². The van der Waals surface area contributed by atoms with Gasteiger partial charge in [0.05, 0.1) is 18.3 Å². The van der Waals surface area contributed by atoms with Crippen LogP contribution in [0.4, 0.5) is 0 Å². The van der Waals surface area contributed by atoms with E-state index in [1.54, 1.807) is 23.3 Å². The highest BCUT2D eigenvalue weighted by atomic mass is 35.5. The molecule has 2 aliphatic rings. The molecular formula is C10H12BClN2S2. The summed E-state index contributed by atoms with van der Waals surface area (Å²) in [5.41, 5.74) is 0. The smallest absolute Gasteiger partial charge is 0.184 e. The largest absolute Gasteiger partial charge is 0.245 e. The number of rotatable bonds is 2. The van der Waals surface area contributed by atoms with Gasteiger partial charge in [0.2, 0.25) is 0 Å². The lowest BCUT2D eigenvalue weighted by Gasteiger charge is -2.14. The number of hydrogen-bond acceptors (Lipinski definition) is 4. The van der Waals surface area contributed by atoms with Crippen LogP contribution < -0.4 is 0 Å². The summed E-state index contributed by atoms with van der Waals surface area (Å²) in [5, 5.41) is 0.